The fourth-order valence-corrected chi connectivity index (χ4v) is 5.30. The van der Waals surface area contributed by atoms with Gasteiger partial charge in [0.2, 0.25) is 5.78 Å². The molecule has 0 spiro atoms. The number of para-hydroxylation sites is 1. The van der Waals surface area contributed by atoms with E-state index in [1.54, 1.807) is 4.90 Å². The largest absolute Gasteiger partial charge is 0.337 e. The van der Waals surface area contributed by atoms with E-state index in [1.807, 2.05) is 43.8 Å². The molecule has 5 aromatic rings. The summed E-state index contributed by atoms with van der Waals surface area (Å²) >= 11 is 0. The Morgan fingerprint density at radius 1 is 0.939 bits per heavy atom. The molecule has 33 heavy (non-hydrogen) atoms. The van der Waals surface area contributed by atoms with Gasteiger partial charge in [0.05, 0.1) is 17.4 Å². The Morgan fingerprint density at radius 3 is 2.67 bits per heavy atom. The molecule has 1 aliphatic heterocycles. The highest BCUT2D eigenvalue weighted by atomic mass is 16.2. The fourth-order valence-electron chi connectivity index (χ4n) is 5.30. The van der Waals surface area contributed by atoms with Crippen molar-refractivity contribution in [3.63, 3.8) is 0 Å². The number of rotatable bonds is 3. The summed E-state index contributed by atoms with van der Waals surface area (Å²) in [7, 11) is 1.84. The van der Waals surface area contributed by atoms with Gasteiger partial charge < -0.3 is 4.90 Å². The number of benzene rings is 2. The van der Waals surface area contributed by atoms with Crippen LogP contribution in [0.3, 0.4) is 0 Å². The van der Waals surface area contributed by atoms with Crippen LogP contribution in [0.2, 0.25) is 0 Å². The predicted molar refractivity (Wildman–Crippen MR) is 126 cm³/mol. The van der Waals surface area contributed by atoms with Crippen LogP contribution >= 0.6 is 0 Å². The number of fused-ring (bicyclic) bond motifs is 3. The molecule has 3 aromatic heterocycles. The van der Waals surface area contributed by atoms with Crippen LogP contribution < -0.4 is 0 Å². The minimum Gasteiger partial charge on any atom is -0.337 e. The third-order valence-corrected chi connectivity index (χ3v) is 7.18. The molecule has 7 rings (SSSR count). The maximum atomic E-state index is 12.3. The molecule has 1 fully saturated rings. The zero-order valence-electron chi connectivity index (χ0n) is 18.2. The van der Waals surface area contributed by atoms with Crippen molar-refractivity contribution in [2.24, 2.45) is 0 Å². The van der Waals surface area contributed by atoms with Crippen LogP contribution in [0.4, 0.5) is 0 Å². The molecule has 2 aliphatic rings. The summed E-state index contributed by atoms with van der Waals surface area (Å²) in [6.45, 7) is 0.644. The molecule has 0 atom stereocenters. The van der Waals surface area contributed by atoms with Crippen LogP contribution in [-0.4, -0.2) is 37.2 Å². The van der Waals surface area contributed by atoms with E-state index in [0.717, 1.165) is 51.7 Å². The number of nitrogens with zero attached hydrogens (tertiary/aromatic N) is 5. The zero-order valence-corrected chi connectivity index (χ0v) is 18.2. The Balaban J connectivity index is 1.37. The van der Waals surface area contributed by atoms with Gasteiger partial charge in [0.1, 0.15) is 0 Å². The third-order valence-electron chi connectivity index (χ3n) is 7.18. The average molecular weight is 431 g/mol. The second kappa shape index (κ2) is 6.48. The van der Waals surface area contributed by atoms with Crippen LogP contribution in [0, 0.1) is 0 Å². The number of hydrogen-bond donors (Lipinski definition) is 0. The van der Waals surface area contributed by atoms with Crippen molar-refractivity contribution in [2.75, 3.05) is 7.05 Å². The van der Waals surface area contributed by atoms with Gasteiger partial charge >= 0.3 is 0 Å². The standard InChI is InChI=1S/C27H21N5O/c1-31-15-19-12-18(7-8-21(19)25(31)33)20-13-29-26-30-14-23(32(26)16-20)27(9-10-27)22-6-2-4-17-5-3-11-28-24(17)22/h2-8,11-14,16H,9-10,15H2,1H3. The van der Waals surface area contributed by atoms with Gasteiger partial charge in [-0.3, -0.25) is 14.2 Å². The van der Waals surface area contributed by atoms with E-state index in [-0.39, 0.29) is 11.3 Å². The van der Waals surface area contributed by atoms with Gasteiger partial charge in [-0.2, -0.15) is 0 Å². The first kappa shape index (κ1) is 18.5. The lowest BCUT2D eigenvalue weighted by atomic mass is 9.90. The second-order valence-electron chi connectivity index (χ2n) is 9.15. The summed E-state index contributed by atoms with van der Waals surface area (Å²) in [5, 5.41) is 1.16. The van der Waals surface area contributed by atoms with Crippen molar-refractivity contribution >= 4 is 22.6 Å². The Morgan fingerprint density at radius 2 is 1.79 bits per heavy atom. The Labute approximate surface area is 190 Å². The van der Waals surface area contributed by atoms with E-state index in [4.69, 9.17) is 4.98 Å². The zero-order chi connectivity index (χ0) is 22.2. The van der Waals surface area contributed by atoms with Gasteiger partial charge in [0.15, 0.2) is 0 Å². The highest BCUT2D eigenvalue weighted by molar-refractivity contribution is 5.98. The molecule has 2 aromatic carbocycles. The summed E-state index contributed by atoms with van der Waals surface area (Å²) in [5.41, 5.74) is 7.30. The SMILES string of the molecule is CN1Cc2cc(-c3cnc4ncc(C5(c6cccc7cccnc67)CC5)n4c3)ccc2C1=O. The van der Waals surface area contributed by atoms with Crippen LogP contribution in [-0.2, 0) is 12.0 Å². The molecular weight excluding hydrogens is 410 g/mol. The van der Waals surface area contributed by atoms with Gasteiger partial charge in [0, 0.05) is 54.1 Å². The topological polar surface area (TPSA) is 63.4 Å². The molecule has 0 bridgehead atoms. The maximum absolute atomic E-state index is 12.3. The van der Waals surface area contributed by atoms with Crippen LogP contribution in [0.5, 0.6) is 0 Å². The van der Waals surface area contributed by atoms with Crippen LogP contribution in [0.1, 0.15) is 40.0 Å². The second-order valence-corrected chi connectivity index (χ2v) is 9.15. The first-order valence-electron chi connectivity index (χ1n) is 11.2. The van der Waals surface area contributed by atoms with Crippen molar-refractivity contribution in [1.82, 2.24) is 24.3 Å². The molecule has 0 saturated heterocycles. The molecule has 0 unspecified atom stereocenters. The number of carbonyl (C=O) groups is 1. The molecule has 0 radical (unpaired) electrons. The van der Waals surface area contributed by atoms with Crippen LogP contribution in [0.25, 0.3) is 27.8 Å². The number of hydrogen-bond acceptors (Lipinski definition) is 4. The lowest BCUT2D eigenvalue weighted by Gasteiger charge is -2.17. The first-order chi connectivity index (χ1) is 16.1. The van der Waals surface area contributed by atoms with Gasteiger partial charge in [-0.1, -0.05) is 30.3 Å². The smallest absolute Gasteiger partial charge is 0.254 e. The average Bonchev–Trinajstić information content (AvgIpc) is 3.45. The number of pyridine rings is 1. The van der Waals surface area contributed by atoms with Crippen molar-refractivity contribution < 1.29 is 4.79 Å². The predicted octanol–water partition coefficient (Wildman–Crippen LogP) is 4.61. The lowest BCUT2D eigenvalue weighted by molar-refractivity contribution is 0.0816. The molecule has 6 heteroatoms. The number of carbonyl (C=O) groups excluding carboxylic acids is 1. The third kappa shape index (κ3) is 2.61. The molecule has 1 aliphatic carbocycles. The van der Waals surface area contributed by atoms with Crippen molar-refractivity contribution in [3.8, 4) is 11.1 Å². The molecule has 0 N–H and O–H groups in total. The monoisotopic (exact) mass is 431 g/mol. The van der Waals surface area contributed by atoms with E-state index in [2.05, 4.69) is 50.9 Å². The molecular formula is C27H21N5O. The van der Waals surface area contributed by atoms with E-state index in [1.165, 1.54) is 5.56 Å². The van der Waals surface area contributed by atoms with Gasteiger partial charge in [-0.15, -0.1) is 0 Å². The maximum Gasteiger partial charge on any atom is 0.254 e. The summed E-state index contributed by atoms with van der Waals surface area (Å²) in [4.78, 5) is 28.0. The van der Waals surface area contributed by atoms with E-state index in [9.17, 15) is 4.79 Å². The van der Waals surface area contributed by atoms with E-state index < -0.39 is 0 Å². The van der Waals surface area contributed by atoms with E-state index >= 15 is 0 Å². The summed E-state index contributed by atoms with van der Waals surface area (Å²) in [5.74, 6) is 0.783. The van der Waals surface area contributed by atoms with Gasteiger partial charge in [-0.25, -0.2) is 9.97 Å². The molecule has 1 saturated carbocycles. The normalized spacial score (nSPS) is 16.5. The minimum atomic E-state index is -0.0966. The summed E-state index contributed by atoms with van der Waals surface area (Å²) in [6.07, 6.45) is 9.96. The highest BCUT2D eigenvalue weighted by Crippen LogP contribution is 2.54. The Hall–Kier alpha value is -4.06. The van der Waals surface area contributed by atoms with Crippen molar-refractivity contribution in [2.45, 2.75) is 24.8 Å². The van der Waals surface area contributed by atoms with Gasteiger partial charge in [0.25, 0.3) is 5.91 Å². The van der Waals surface area contributed by atoms with Crippen LogP contribution in [0.15, 0.2) is 73.3 Å². The molecule has 160 valence electrons. The quantitative estimate of drug-likeness (QED) is 0.419. The number of imidazole rings is 1. The van der Waals surface area contributed by atoms with E-state index in [0.29, 0.717) is 12.3 Å². The molecule has 4 heterocycles. The molecule has 6 nitrogen and oxygen atoms in total. The Kier molecular flexibility index (Phi) is 3.63. The molecule has 1 amide bonds. The highest BCUT2D eigenvalue weighted by Gasteiger charge is 2.49. The summed E-state index contributed by atoms with van der Waals surface area (Å²) < 4.78 is 2.13. The Bertz CT molecular complexity index is 1590. The number of aromatic nitrogens is 4. The van der Waals surface area contributed by atoms with Gasteiger partial charge in [-0.05, 0) is 47.7 Å². The minimum absolute atomic E-state index is 0.0846. The first-order valence-corrected chi connectivity index (χ1v) is 11.2. The lowest BCUT2D eigenvalue weighted by Crippen LogP contribution is -2.17. The van der Waals surface area contributed by atoms with Crippen molar-refractivity contribution in [1.29, 1.82) is 0 Å². The number of amides is 1. The summed E-state index contributed by atoms with van der Waals surface area (Å²) in [6, 6.07) is 16.6. The van der Waals surface area contributed by atoms with Crippen molar-refractivity contribution in [3.05, 3.63) is 95.7 Å². The fraction of sp³-hybridized carbons (Fsp3) is 0.185.